The number of thiophene rings is 1. The number of aliphatic hydroxyl groups is 1. The summed E-state index contributed by atoms with van der Waals surface area (Å²) in [7, 11) is 0. The van der Waals surface area contributed by atoms with Gasteiger partial charge in [0.25, 0.3) is 5.91 Å². The maximum atomic E-state index is 11.8. The highest BCUT2D eigenvalue weighted by atomic mass is 32.1. The molecule has 0 aliphatic rings. The first kappa shape index (κ1) is 12.9. The molecule has 0 fully saturated rings. The third kappa shape index (κ3) is 2.80. The Labute approximate surface area is 109 Å². The molecule has 0 bridgehead atoms. The zero-order chi connectivity index (χ0) is 13.2. The normalized spacial score (nSPS) is 14.2. The van der Waals surface area contributed by atoms with Crippen LogP contribution in [-0.2, 0) is 5.60 Å². The molecule has 0 aromatic carbocycles. The zero-order valence-electron chi connectivity index (χ0n) is 10.3. The van der Waals surface area contributed by atoms with E-state index in [4.69, 9.17) is 4.42 Å². The summed E-state index contributed by atoms with van der Waals surface area (Å²) in [5.74, 6) is 0.255. The largest absolute Gasteiger partial charge is 0.466 e. The van der Waals surface area contributed by atoms with E-state index in [1.54, 1.807) is 19.1 Å². The maximum Gasteiger partial charge on any atom is 0.261 e. The van der Waals surface area contributed by atoms with Crippen molar-refractivity contribution in [3.8, 4) is 0 Å². The van der Waals surface area contributed by atoms with Gasteiger partial charge < -0.3 is 14.8 Å². The van der Waals surface area contributed by atoms with E-state index in [2.05, 4.69) is 5.32 Å². The van der Waals surface area contributed by atoms with Crippen LogP contribution in [0.1, 0.15) is 27.9 Å². The van der Waals surface area contributed by atoms with Crippen LogP contribution in [0.3, 0.4) is 0 Å². The summed E-state index contributed by atoms with van der Waals surface area (Å²) in [5.41, 5.74) is -0.145. The van der Waals surface area contributed by atoms with Crippen LogP contribution in [-0.4, -0.2) is 17.6 Å². The molecule has 2 aromatic heterocycles. The Morgan fingerprint density at radius 1 is 1.61 bits per heavy atom. The topological polar surface area (TPSA) is 62.5 Å². The first-order valence-corrected chi connectivity index (χ1v) is 6.47. The lowest BCUT2D eigenvalue weighted by molar-refractivity contribution is 0.0331. The highest BCUT2D eigenvalue weighted by Crippen LogP contribution is 2.20. The van der Waals surface area contributed by atoms with Crippen LogP contribution >= 0.6 is 11.3 Å². The third-order valence-corrected chi connectivity index (χ3v) is 3.65. The highest BCUT2D eigenvalue weighted by molar-refractivity contribution is 7.12. The second-order valence-electron chi connectivity index (χ2n) is 4.42. The quantitative estimate of drug-likeness (QED) is 0.891. The minimum Gasteiger partial charge on any atom is -0.466 e. The average Bonchev–Trinajstić information content (AvgIpc) is 2.96. The van der Waals surface area contributed by atoms with Crippen molar-refractivity contribution in [2.24, 2.45) is 0 Å². The van der Waals surface area contributed by atoms with Crippen molar-refractivity contribution in [1.82, 2.24) is 5.32 Å². The van der Waals surface area contributed by atoms with Gasteiger partial charge >= 0.3 is 0 Å². The van der Waals surface area contributed by atoms with Crippen LogP contribution in [0.2, 0.25) is 0 Å². The zero-order valence-corrected chi connectivity index (χ0v) is 11.1. The van der Waals surface area contributed by atoms with Gasteiger partial charge in [-0.15, -0.1) is 11.3 Å². The van der Waals surface area contributed by atoms with Crippen LogP contribution in [0.25, 0.3) is 0 Å². The predicted octanol–water partition coefficient (Wildman–Crippen LogP) is 2.29. The summed E-state index contributed by atoms with van der Waals surface area (Å²) in [5, 5.41) is 14.8. The van der Waals surface area contributed by atoms with Gasteiger partial charge in [0.2, 0.25) is 0 Å². The van der Waals surface area contributed by atoms with E-state index < -0.39 is 5.60 Å². The summed E-state index contributed by atoms with van der Waals surface area (Å²) in [6, 6.07) is 5.21. The number of hydrogen-bond acceptors (Lipinski definition) is 4. The molecule has 2 N–H and O–H groups in total. The van der Waals surface area contributed by atoms with Gasteiger partial charge in [-0.05, 0) is 43.0 Å². The Kier molecular flexibility index (Phi) is 3.54. The van der Waals surface area contributed by atoms with Gasteiger partial charge in [0.15, 0.2) is 0 Å². The summed E-state index contributed by atoms with van der Waals surface area (Å²) in [6.07, 6.45) is 1.49. The molecule has 2 heterocycles. The number of furan rings is 1. The van der Waals surface area contributed by atoms with Crippen LogP contribution in [0, 0.1) is 6.92 Å². The minimum atomic E-state index is -1.20. The van der Waals surface area contributed by atoms with Crippen molar-refractivity contribution in [2.75, 3.05) is 6.54 Å². The van der Waals surface area contributed by atoms with Gasteiger partial charge in [-0.1, -0.05) is 0 Å². The van der Waals surface area contributed by atoms with Gasteiger partial charge in [-0.2, -0.15) is 0 Å². The second kappa shape index (κ2) is 4.96. The Morgan fingerprint density at radius 2 is 2.39 bits per heavy atom. The molecule has 0 saturated heterocycles. The standard InChI is InChI=1S/C13H15NO3S/c1-9-6-10(18-7-9)12(15)14-8-13(2,16)11-4-3-5-17-11/h3-7,16H,8H2,1-2H3,(H,14,15)/t13-/m1/s1. The number of amides is 1. The van der Waals surface area contributed by atoms with E-state index in [1.807, 2.05) is 18.4 Å². The van der Waals surface area contributed by atoms with E-state index in [0.717, 1.165) is 5.56 Å². The average molecular weight is 265 g/mol. The number of hydrogen-bond donors (Lipinski definition) is 2. The Balaban J connectivity index is 1.98. The van der Waals surface area contributed by atoms with Crippen LogP contribution < -0.4 is 5.32 Å². The fraction of sp³-hybridized carbons (Fsp3) is 0.308. The number of rotatable bonds is 4. The smallest absolute Gasteiger partial charge is 0.261 e. The number of carbonyl (C=O) groups is 1. The fourth-order valence-electron chi connectivity index (χ4n) is 1.56. The van der Waals surface area contributed by atoms with E-state index in [-0.39, 0.29) is 12.5 Å². The minimum absolute atomic E-state index is 0.107. The summed E-state index contributed by atoms with van der Waals surface area (Å²) >= 11 is 1.39. The van der Waals surface area contributed by atoms with Crippen molar-refractivity contribution < 1.29 is 14.3 Å². The fourth-order valence-corrected chi connectivity index (χ4v) is 2.38. The number of carbonyl (C=O) groups excluding carboxylic acids is 1. The van der Waals surface area contributed by atoms with E-state index in [1.165, 1.54) is 17.6 Å². The lowest BCUT2D eigenvalue weighted by atomic mass is 10.0. The monoisotopic (exact) mass is 265 g/mol. The summed E-state index contributed by atoms with van der Waals surface area (Å²) < 4.78 is 5.14. The molecule has 96 valence electrons. The lowest BCUT2D eigenvalue weighted by Gasteiger charge is -2.20. The van der Waals surface area contributed by atoms with Crippen molar-refractivity contribution >= 4 is 17.2 Å². The first-order valence-electron chi connectivity index (χ1n) is 5.59. The lowest BCUT2D eigenvalue weighted by Crippen LogP contribution is -2.38. The molecule has 0 aliphatic heterocycles. The van der Waals surface area contributed by atoms with Crippen LogP contribution in [0.5, 0.6) is 0 Å². The first-order chi connectivity index (χ1) is 8.49. The van der Waals surface area contributed by atoms with Crippen molar-refractivity contribution in [2.45, 2.75) is 19.4 Å². The van der Waals surface area contributed by atoms with Gasteiger partial charge in [0, 0.05) is 0 Å². The van der Waals surface area contributed by atoms with Gasteiger partial charge in [-0.25, -0.2) is 0 Å². The molecule has 0 aliphatic carbocycles. The molecule has 1 amide bonds. The summed E-state index contributed by atoms with van der Waals surface area (Å²) in [4.78, 5) is 12.5. The molecular formula is C13H15NO3S. The molecule has 5 heteroatoms. The van der Waals surface area contributed by atoms with E-state index in [9.17, 15) is 9.90 Å². The molecule has 0 unspecified atom stereocenters. The van der Waals surface area contributed by atoms with Gasteiger partial charge in [0.1, 0.15) is 11.4 Å². The van der Waals surface area contributed by atoms with E-state index in [0.29, 0.717) is 10.6 Å². The SMILES string of the molecule is Cc1csc(C(=O)NC[C@@](C)(O)c2ccco2)c1. The van der Waals surface area contributed by atoms with Gasteiger partial charge in [-0.3, -0.25) is 4.79 Å². The van der Waals surface area contributed by atoms with Crippen LogP contribution in [0.15, 0.2) is 34.3 Å². The Morgan fingerprint density at radius 3 is 2.94 bits per heavy atom. The molecular weight excluding hydrogens is 250 g/mol. The number of aryl methyl sites for hydroxylation is 1. The Hall–Kier alpha value is -1.59. The third-order valence-electron chi connectivity index (χ3n) is 2.60. The van der Waals surface area contributed by atoms with Crippen molar-refractivity contribution in [1.29, 1.82) is 0 Å². The highest BCUT2D eigenvalue weighted by Gasteiger charge is 2.27. The van der Waals surface area contributed by atoms with Crippen molar-refractivity contribution in [3.05, 3.63) is 46.0 Å². The second-order valence-corrected chi connectivity index (χ2v) is 5.33. The molecule has 2 aromatic rings. The molecule has 2 rings (SSSR count). The Bertz CT molecular complexity index is 528. The molecule has 1 atom stereocenters. The maximum absolute atomic E-state index is 11.8. The van der Waals surface area contributed by atoms with Crippen LogP contribution in [0.4, 0.5) is 0 Å². The van der Waals surface area contributed by atoms with Crippen molar-refractivity contribution in [3.63, 3.8) is 0 Å². The molecule has 0 radical (unpaired) electrons. The molecule has 18 heavy (non-hydrogen) atoms. The molecule has 4 nitrogen and oxygen atoms in total. The number of nitrogens with one attached hydrogen (secondary N) is 1. The predicted molar refractivity (Wildman–Crippen MR) is 69.7 cm³/mol. The summed E-state index contributed by atoms with van der Waals surface area (Å²) in [6.45, 7) is 3.65. The molecule has 0 spiro atoms. The molecule has 0 saturated carbocycles. The van der Waals surface area contributed by atoms with E-state index >= 15 is 0 Å². The van der Waals surface area contributed by atoms with Gasteiger partial charge in [0.05, 0.1) is 17.7 Å².